The van der Waals surface area contributed by atoms with Gasteiger partial charge in [-0.3, -0.25) is 0 Å². The van der Waals surface area contributed by atoms with E-state index in [2.05, 4.69) is 18.1 Å². The largest absolute Gasteiger partial charge is 0.361 e. The van der Waals surface area contributed by atoms with Gasteiger partial charge >= 0.3 is 0 Å². The van der Waals surface area contributed by atoms with Crippen LogP contribution >= 0.6 is 11.8 Å². The van der Waals surface area contributed by atoms with E-state index in [4.69, 9.17) is 4.74 Å². The van der Waals surface area contributed by atoms with Gasteiger partial charge in [-0.15, -0.1) is 0 Å². The Bertz CT molecular complexity index is 613. The van der Waals surface area contributed by atoms with Crippen LogP contribution < -0.4 is 0 Å². The molecule has 1 unspecified atom stereocenters. The number of thioether (sulfide) groups is 1. The minimum Gasteiger partial charge on any atom is -0.361 e. The molecule has 0 aromatic heterocycles. The molecule has 2 aromatic carbocycles. The second-order valence-electron chi connectivity index (χ2n) is 4.82. The summed E-state index contributed by atoms with van der Waals surface area (Å²) in [5.74, 6) is 2.88. The molecule has 0 N–H and O–H groups in total. The fourth-order valence-corrected chi connectivity index (χ4v) is 2.41. The van der Waals surface area contributed by atoms with Crippen molar-refractivity contribution in [1.29, 1.82) is 0 Å². The minimum absolute atomic E-state index is 0.248. The van der Waals surface area contributed by atoms with Crippen LogP contribution in [0, 0.1) is 17.0 Å². The molecule has 0 aliphatic carbocycles. The Morgan fingerprint density at radius 3 is 2.50 bits per heavy atom. The molecule has 0 aliphatic heterocycles. The van der Waals surface area contributed by atoms with Gasteiger partial charge in [0, 0.05) is 11.5 Å². The highest BCUT2D eigenvalue weighted by molar-refractivity contribution is 8.03. The van der Waals surface area contributed by atoms with Crippen molar-refractivity contribution in [2.75, 3.05) is 6.61 Å². The van der Waals surface area contributed by atoms with Crippen molar-refractivity contribution in [2.45, 2.75) is 30.8 Å². The molecular formula is C19H19FOS. The lowest BCUT2D eigenvalue weighted by atomic mass is 10.1. The molecule has 0 amide bonds. The molecule has 0 saturated carbocycles. The average molecular weight is 314 g/mol. The zero-order chi connectivity index (χ0) is 15.6. The monoisotopic (exact) mass is 314 g/mol. The lowest BCUT2D eigenvalue weighted by Crippen LogP contribution is -2.03. The van der Waals surface area contributed by atoms with Crippen LogP contribution in [-0.4, -0.2) is 6.61 Å². The van der Waals surface area contributed by atoms with Crippen LogP contribution in [0.1, 0.15) is 31.4 Å². The third kappa shape index (κ3) is 5.55. The molecule has 22 heavy (non-hydrogen) atoms. The smallest absolute Gasteiger partial charge is 0.144 e. The maximum absolute atomic E-state index is 13.0. The summed E-state index contributed by atoms with van der Waals surface area (Å²) in [6.07, 6.45) is 1.75. The van der Waals surface area contributed by atoms with Crippen molar-refractivity contribution in [1.82, 2.24) is 0 Å². The third-order valence-electron chi connectivity index (χ3n) is 3.06. The zero-order valence-electron chi connectivity index (χ0n) is 12.6. The van der Waals surface area contributed by atoms with Gasteiger partial charge in [-0.1, -0.05) is 49.6 Å². The third-order valence-corrected chi connectivity index (χ3v) is 3.79. The Morgan fingerprint density at radius 2 is 1.82 bits per heavy atom. The summed E-state index contributed by atoms with van der Waals surface area (Å²) in [5, 5.41) is 3.09. The van der Waals surface area contributed by atoms with E-state index >= 15 is 0 Å². The number of ether oxygens (including phenoxy) is 1. The molecule has 0 saturated heterocycles. The molecule has 2 rings (SSSR count). The highest BCUT2D eigenvalue weighted by atomic mass is 32.2. The van der Waals surface area contributed by atoms with Crippen LogP contribution in [0.25, 0.3) is 0 Å². The lowest BCUT2D eigenvalue weighted by molar-refractivity contribution is 0.0893. The zero-order valence-corrected chi connectivity index (χ0v) is 13.4. The Balaban J connectivity index is 2.05. The predicted octanol–water partition coefficient (Wildman–Crippen LogP) is 5.44. The number of unbranched alkanes of at least 4 members (excludes halogenated alkanes) is 1. The summed E-state index contributed by atoms with van der Waals surface area (Å²) >= 11 is 1.47. The van der Waals surface area contributed by atoms with E-state index in [0.717, 1.165) is 23.3 Å². The van der Waals surface area contributed by atoms with Gasteiger partial charge in [0.1, 0.15) is 11.9 Å². The maximum Gasteiger partial charge on any atom is 0.144 e. The van der Waals surface area contributed by atoms with Gasteiger partial charge in [-0.25, -0.2) is 4.39 Å². The second-order valence-corrected chi connectivity index (χ2v) is 5.70. The van der Waals surface area contributed by atoms with E-state index in [0.29, 0.717) is 6.61 Å². The van der Waals surface area contributed by atoms with Crippen molar-refractivity contribution in [2.24, 2.45) is 0 Å². The van der Waals surface area contributed by atoms with Gasteiger partial charge < -0.3 is 4.74 Å². The molecule has 0 spiro atoms. The molecule has 114 valence electrons. The topological polar surface area (TPSA) is 9.23 Å². The fraction of sp³-hybridized carbons (Fsp3) is 0.263. The highest BCUT2D eigenvalue weighted by Gasteiger charge is 2.08. The first-order valence-electron chi connectivity index (χ1n) is 7.39. The van der Waals surface area contributed by atoms with Gasteiger partial charge in [-0.2, -0.15) is 0 Å². The van der Waals surface area contributed by atoms with Gasteiger partial charge in [0.15, 0.2) is 0 Å². The second kappa shape index (κ2) is 9.30. The van der Waals surface area contributed by atoms with E-state index in [9.17, 15) is 4.39 Å². The van der Waals surface area contributed by atoms with Crippen LogP contribution in [0.3, 0.4) is 0 Å². The average Bonchev–Trinajstić information content (AvgIpc) is 2.55. The van der Waals surface area contributed by atoms with Gasteiger partial charge in [-0.05, 0) is 53.3 Å². The van der Waals surface area contributed by atoms with Crippen LogP contribution in [-0.2, 0) is 4.74 Å². The number of hydrogen-bond acceptors (Lipinski definition) is 2. The predicted molar refractivity (Wildman–Crippen MR) is 90.1 cm³/mol. The number of benzene rings is 2. The molecular weight excluding hydrogens is 295 g/mol. The quantitative estimate of drug-likeness (QED) is 0.399. The molecule has 3 heteroatoms. The molecule has 0 aliphatic rings. The molecule has 0 fully saturated rings. The summed E-state index contributed by atoms with van der Waals surface area (Å²) in [6, 6.07) is 16.3. The molecule has 0 bridgehead atoms. The fourth-order valence-electron chi connectivity index (χ4n) is 1.83. The van der Waals surface area contributed by atoms with Gasteiger partial charge in [0.2, 0.25) is 0 Å². The lowest BCUT2D eigenvalue weighted by Gasteiger charge is -2.12. The Morgan fingerprint density at radius 1 is 1.09 bits per heavy atom. The summed E-state index contributed by atoms with van der Waals surface area (Å²) in [4.78, 5) is 1.10. The molecule has 1 atom stereocenters. The first-order valence-corrected chi connectivity index (χ1v) is 8.20. The molecule has 2 aromatic rings. The summed E-state index contributed by atoms with van der Waals surface area (Å²) in [5.41, 5.74) is 0.888. The van der Waals surface area contributed by atoms with E-state index in [1.165, 1.54) is 23.9 Å². The maximum atomic E-state index is 13.0. The summed E-state index contributed by atoms with van der Waals surface area (Å²) in [6.45, 7) is 2.77. The van der Waals surface area contributed by atoms with E-state index in [1.54, 1.807) is 12.1 Å². The summed E-state index contributed by atoms with van der Waals surface area (Å²) < 4.78 is 18.9. The molecule has 1 nitrogen and oxygen atoms in total. The molecule has 0 heterocycles. The normalized spacial score (nSPS) is 11.5. The first-order chi connectivity index (χ1) is 10.8. The van der Waals surface area contributed by atoms with Crippen molar-refractivity contribution in [3.05, 3.63) is 66.0 Å². The van der Waals surface area contributed by atoms with Crippen molar-refractivity contribution >= 4 is 11.8 Å². The van der Waals surface area contributed by atoms with Gasteiger partial charge in [0.05, 0.1) is 0 Å². The molecule has 0 radical (unpaired) electrons. The summed E-state index contributed by atoms with van der Waals surface area (Å²) in [7, 11) is 0. The van der Waals surface area contributed by atoms with Gasteiger partial charge in [0.25, 0.3) is 0 Å². The van der Waals surface area contributed by atoms with Crippen LogP contribution in [0.2, 0.25) is 0 Å². The standard InChI is InChI=1S/C19H19FOS/c1-2-3-14-21-19(16-9-11-17(20)12-10-16)13-15-22-18-7-5-4-6-8-18/h4-12,19H,2-3,14H2,1H3. The SMILES string of the molecule is CCCCOC(C#CSc1ccccc1)c1ccc(F)cc1. The minimum atomic E-state index is -0.316. The Hall–Kier alpha value is -1.76. The number of halogens is 1. The Kier molecular flexibility index (Phi) is 7.02. The highest BCUT2D eigenvalue weighted by Crippen LogP contribution is 2.20. The van der Waals surface area contributed by atoms with Crippen LogP contribution in [0.5, 0.6) is 0 Å². The van der Waals surface area contributed by atoms with Crippen LogP contribution in [0.4, 0.5) is 4.39 Å². The van der Waals surface area contributed by atoms with E-state index in [1.807, 2.05) is 30.3 Å². The van der Waals surface area contributed by atoms with E-state index < -0.39 is 0 Å². The van der Waals surface area contributed by atoms with Crippen LogP contribution in [0.15, 0.2) is 59.5 Å². The van der Waals surface area contributed by atoms with Crippen molar-refractivity contribution in [3.63, 3.8) is 0 Å². The van der Waals surface area contributed by atoms with Crippen molar-refractivity contribution < 1.29 is 9.13 Å². The first kappa shape index (κ1) is 16.6. The van der Waals surface area contributed by atoms with E-state index in [-0.39, 0.29) is 11.9 Å². The van der Waals surface area contributed by atoms with Crippen molar-refractivity contribution in [3.8, 4) is 11.2 Å². The number of hydrogen-bond donors (Lipinski definition) is 0. The number of rotatable bonds is 6. The Labute approximate surface area is 135 Å².